The molecule has 0 saturated carbocycles. The number of carbonyl (C=O) groups is 1. The molecule has 0 fully saturated rings. The fourth-order valence-electron chi connectivity index (χ4n) is 1.68. The van der Waals surface area contributed by atoms with Crippen LogP contribution in [-0.4, -0.2) is 5.78 Å². The van der Waals surface area contributed by atoms with Gasteiger partial charge in [-0.1, -0.05) is 60.7 Å². The maximum Gasteiger partial charge on any atom is 0.193 e. The minimum Gasteiger partial charge on any atom is -0.289 e. The smallest absolute Gasteiger partial charge is 0.193 e. The summed E-state index contributed by atoms with van der Waals surface area (Å²) in [6.45, 7) is 5.82. The number of ketones is 1. The van der Waals surface area contributed by atoms with Crippen molar-refractivity contribution in [1.29, 1.82) is 0 Å². The summed E-state index contributed by atoms with van der Waals surface area (Å²) in [5.41, 5.74) is 3.39. The van der Waals surface area contributed by atoms with E-state index in [1.165, 1.54) is 0 Å². The maximum atomic E-state index is 12.2. The molecule has 0 heterocycles. The fourth-order valence-corrected chi connectivity index (χ4v) is 1.68. The zero-order valence-corrected chi connectivity index (χ0v) is 9.81. The number of hydrogen-bond donors (Lipinski definition) is 0. The van der Waals surface area contributed by atoms with Crippen molar-refractivity contribution in [3.63, 3.8) is 0 Å². The first-order valence-corrected chi connectivity index (χ1v) is 5.54. The summed E-state index contributed by atoms with van der Waals surface area (Å²) in [5, 5.41) is 0. The molecule has 0 aromatic heterocycles. The van der Waals surface area contributed by atoms with E-state index < -0.39 is 0 Å². The molecule has 84 valence electrons. The normalized spacial score (nSPS) is 9.94. The molecule has 0 N–H and O–H groups in total. The van der Waals surface area contributed by atoms with Crippen LogP contribution >= 0.6 is 0 Å². The Morgan fingerprint density at radius 2 is 1.47 bits per heavy atom. The highest BCUT2D eigenvalue weighted by atomic mass is 16.1. The molecule has 2 aromatic rings. The van der Waals surface area contributed by atoms with Crippen molar-refractivity contribution in [2.45, 2.75) is 6.92 Å². The molecule has 0 aliphatic heterocycles. The van der Waals surface area contributed by atoms with Gasteiger partial charge < -0.3 is 0 Å². The van der Waals surface area contributed by atoms with Gasteiger partial charge in [0, 0.05) is 11.1 Å². The topological polar surface area (TPSA) is 17.1 Å². The SMILES string of the molecule is C=C(C)c1cccc(C(=O)c2ccccc2)c1. The Kier molecular flexibility index (Phi) is 3.20. The maximum absolute atomic E-state index is 12.2. The minimum atomic E-state index is 0.0497. The molecule has 2 aromatic carbocycles. The van der Waals surface area contributed by atoms with Crippen LogP contribution in [0, 0.1) is 0 Å². The highest BCUT2D eigenvalue weighted by Crippen LogP contribution is 2.16. The van der Waals surface area contributed by atoms with Gasteiger partial charge in [-0.3, -0.25) is 4.79 Å². The van der Waals surface area contributed by atoms with Crippen molar-refractivity contribution in [2.75, 3.05) is 0 Å². The lowest BCUT2D eigenvalue weighted by molar-refractivity contribution is 0.103. The van der Waals surface area contributed by atoms with Crippen molar-refractivity contribution in [1.82, 2.24) is 0 Å². The first-order chi connectivity index (χ1) is 8.18. The summed E-state index contributed by atoms with van der Waals surface area (Å²) < 4.78 is 0. The molecule has 1 heteroatoms. The molecule has 0 radical (unpaired) electrons. The summed E-state index contributed by atoms with van der Waals surface area (Å²) in [6.07, 6.45) is 0. The van der Waals surface area contributed by atoms with Crippen LogP contribution in [0.4, 0.5) is 0 Å². The van der Waals surface area contributed by atoms with Gasteiger partial charge in [-0.25, -0.2) is 0 Å². The second-order valence-corrected chi connectivity index (χ2v) is 4.06. The molecule has 0 saturated heterocycles. The van der Waals surface area contributed by atoms with Crippen LogP contribution in [-0.2, 0) is 0 Å². The number of hydrogen-bond acceptors (Lipinski definition) is 1. The summed E-state index contributed by atoms with van der Waals surface area (Å²) >= 11 is 0. The summed E-state index contributed by atoms with van der Waals surface area (Å²) in [4.78, 5) is 12.2. The van der Waals surface area contributed by atoms with Crippen molar-refractivity contribution < 1.29 is 4.79 Å². The lowest BCUT2D eigenvalue weighted by atomic mass is 9.99. The first-order valence-electron chi connectivity index (χ1n) is 5.54. The highest BCUT2D eigenvalue weighted by Gasteiger charge is 2.08. The van der Waals surface area contributed by atoms with E-state index in [1.807, 2.05) is 61.5 Å². The van der Waals surface area contributed by atoms with E-state index in [4.69, 9.17) is 0 Å². The molecule has 1 nitrogen and oxygen atoms in total. The van der Waals surface area contributed by atoms with Crippen molar-refractivity contribution in [3.8, 4) is 0 Å². The van der Waals surface area contributed by atoms with E-state index in [2.05, 4.69) is 6.58 Å². The predicted molar refractivity (Wildman–Crippen MR) is 71.0 cm³/mol. The Labute approximate surface area is 101 Å². The van der Waals surface area contributed by atoms with Crippen molar-refractivity contribution in [3.05, 3.63) is 77.9 Å². The molecule has 0 atom stereocenters. The minimum absolute atomic E-state index is 0.0497. The van der Waals surface area contributed by atoms with Gasteiger partial charge in [0.2, 0.25) is 0 Å². The van der Waals surface area contributed by atoms with Crippen LogP contribution in [0.3, 0.4) is 0 Å². The highest BCUT2D eigenvalue weighted by molar-refractivity contribution is 6.09. The Bertz CT molecular complexity index is 553. The standard InChI is InChI=1S/C16H14O/c1-12(2)14-9-6-10-15(11-14)16(17)13-7-4-3-5-8-13/h3-11H,1H2,2H3. The molecule has 17 heavy (non-hydrogen) atoms. The van der Waals surface area contributed by atoms with Gasteiger partial charge >= 0.3 is 0 Å². The van der Waals surface area contributed by atoms with Crippen LogP contribution < -0.4 is 0 Å². The van der Waals surface area contributed by atoms with Gasteiger partial charge in [-0.2, -0.15) is 0 Å². The van der Waals surface area contributed by atoms with E-state index in [1.54, 1.807) is 0 Å². The molecular formula is C16H14O. The summed E-state index contributed by atoms with van der Waals surface area (Å²) in [5.74, 6) is 0.0497. The Balaban J connectivity index is 2.38. The average Bonchev–Trinajstić information content (AvgIpc) is 2.39. The number of rotatable bonds is 3. The zero-order valence-electron chi connectivity index (χ0n) is 9.81. The van der Waals surface area contributed by atoms with Gasteiger partial charge in [-0.15, -0.1) is 0 Å². The summed E-state index contributed by atoms with van der Waals surface area (Å²) in [6, 6.07) is 16.9. The Hall–Kier alpha value is -2.15. The molecule has 0 amide bonds. The van der Waals surface area contributed by atoms with Crippen LogP contribution in [0.25, 0.3) is 5.57 Å². The fraction of sp³-hybridized carbons (Fsp3) is 0.0625. The number of carbonyl (C=O) groups excluding carboxylic acids is 1. The largest absolute Gasteiger partial charge is 0.289 e. The average molecular weight is 222 g/mol. The third-order valence-corrected chi connectivity index (χ3v) is 2.65. The number of benzene rings is 2. The molecule has 2 rings (SSSR count). The van der Waals surface area contributed by atoms with Gasteiger partial charge in [-0.05, 0) is 18.6 Å². The van der Waals surface area contributed by atoms with Crippen LogP contribution in [0.1, 0.15) is 28.4 Å². The number of allylic oxidation sites excluding steroid dienone is 1. The monoisotopic (exact) mass is 222 g/mol. The first kappa shape index (κ1) is 11.3. The molecule has 0 bridgehead atoms. The van der Waals surface area contributed by atoms with Crippen LogP contribution in [0.5, 0.6) is 0 Å². The second kappa shape index (κ2) is 4.79. The molecule has 0 spiro atoms. The Morgan fingerprint density at radius 3 is 2.12 bits per heavy atom. The van der Waals surface area contributed by atoms with Crippen LogP contribution in [0.15, 0.2) is 61.2 Å². The zero-order chi connectivity index (χ0) is 12.3. The van der Waals surface area contributed by atoms with Gasteiger partial charge in [0.25, 0.3) is 0 Å². The van der Waals surface area contributed by atoms with E-state index in [-0.39, 0.29) is 5.78 Å². The van der Waals surface area contributed by atoms with E-state index in [0.29, 0.717) is 11.1 Å². The quantitative estimate of drug-likeness (QED) is 0.718. The van der Waals surface area contributed by atoms with Gasteiger partial charge in [0.05, 0.1) is 0 Å². The van der Waals surface area contributed by atoms with E-state index in [9.17, 15) is 4.79 Å². The van der Waals surface area contributed by atoms with E-state index in [0.717, 1.165) is 11.1 Å². The molecular weight excluding hydrogens is 208 g/mol. The lowest BCUT2D eigenvalue weighted by Crippen LogP contribution is -2.01. The van der Waals surface area contributed by atoms with E-state index >= 15 is 0 Å². The molecule has 0 aliphatic carbocycles. The Morgan fingerprint density at radius 1 is 0.882 bits per heavy atom. The van der Waals surface area contributed by atoms with Gasteiger partial charge in [0.1, 0.15) is 0 Å². The summed E-state index contributed by atoms with van der Waals surface area (Å²) in [7, 11) is 0. The van der Waals surface area contributed by atoms with Gasteiger partial charge in [0.15, 0.2) is 5.78 Å². The van der Waals surface area contributed by atoms with Crippen molar-refractivity contribution >= 4 is 11.4 Å². The third-order valence-electron chi connectivity index (χ3n) is 2.65. The predicted octanol–water partition coefficient (Wildman–Crippen LogP) is 3.95. The third kappa shape index (κ3) is 2.51. The van der Waals surface area contributed by atoms with Crippen LogP contribution in [0.2, 0.25) is 0 Å². The van der Waals surface area contributed by atoms with Crippen molar-refractivity contribution in [2.24, 2.45) is 0 Å². The second-order valence-electron chi connectivity index (χ2n) is 4.06. The molecule has 0 unspecified atom stereocenters. The molecule has 0 aliphatic rings. The lowest BCUT2D eigenvalue weighted by Gasteiger charge is -2.04.